The van der Waals surface area contributed by atoms with Crippen molar-refractivity contribution in [1.82, 2.24) is 9.80 Å². The van der Waals surface area contributed by atoms with Crippen molar-refractivity contribution < 1.29 is 9.59 Å². The molecule has 0 aromatic heterocycles. The molecule has 2 N–H and O–H groups in total. The van der Waals surface area contributed by atoms with Gasteiger partial charge in [-0.15, -0.1) is 0 Å². The quantitative estimate of drug-likeness (QED) is 0.844. The van der Waals surface area contributed by atoms with Crippen molar-refractivity contribution in [1.29, 1.82) is 5.26 Å². The number of nitrogens with two attached hydrogens (primary N) is 1. The molecule has 0 aliphatic carbocycles. The second kappa shape index (κ2) is 7.06. The molecule has 2 amide bonds. The highest BCUT2D eigenvalue weighted by atomic mass is 16.2. The van der Waals surface area contributed by atoms with E-state index < -0.39 is 5.66 Å². The van der Waals surface area contributed by atoms with Gasteiger partial charge in [-0.2, -0.15) is 5.26 Å². The molecule has 6 heteroatoms. The summed E-state index contributed by atoms with van der Waals surface area (Å²) in [6.45, 7) is 0. The average molecular weight is 360 g/mol. The molecule has 6 nitrogen and oxygen atoms in total. The zero-order valence-electron chi connectivity index (χ0n) is 15.2. The lowest BCUT2D eigenvalue weighted by atomic mass is 9.93. The van der Waals surface area contributed by atoms with E-state index >= 15 is 0 Å². The van der Waals surface area contributed by atoms with Gasteiger partial charge in [-0.25, -0.2) is 0 Å². The largest absolute Gasteiger partial charge is 0.314 e. The van der Waals surface area contributed by atoms with E-state index in [2.05, 4.69) is 6.07 Å². The number of piperazine rings is 1. The summed E-state index contributed by atoms with van der Waals surface area (Å²) in [4.78, 5) is 28.6. The monoisotopic (exact) mass is 360 g/mol. The Morgan fingerprint density at radius 2 is 1.70 bits per heavy atom. The van der Waals surface area contributed by atoms with Crippen LogP contribution in [0.4, 0.5) is 0 Å². The van der Waals surface area contributed by atoms with Crippen LogP contribution in [0.3, 0.4) is 0 Å². The highest BCUT2D eigenvalue weighted by molar-refractivity contribution is 6.08. The van der Waals surface area contributed by atoms with Crippen LogP contribution in [0.15, 0.2) is 60.3 Å². The molecule has 1 fully saturated rings. The smallest absolute Gasteiger partial charge is 0.272 e. The van der Waals surface area contributed by atoms with Gasteiger partial charge in [0.2, 0.25) is 0 Å². The zero-order chi connectivity index (χ0) is 19.6. The van der Waals surface area contributed by atoms with Crippen LogP contribution in [0.1, 0.15) is 16.7 Å². The van der Waals surface area contributed by atoms with E-state index in [4.69, 9.17) is 5.73 Å². The van der Waals surface area contributed by atoms with Crippen molar-refractivity contribution in [2.75, 3.05) is 14.1 Å². The third-order valence-corrected chi connectivity index (χ3v) is 4.85. The number of amides is 2. The molecule has 1 saturated heterocycles. The Morgan fingerprint density at radius 1 is 1.07 bits per heavy atom. The Morgan fingerprint density at radius 3 is 2.37 bits per heavy atom. The Hall–Kier alpha value is -3.43. The van der Waals surface area contributed by atoms with Crippen molar-refractivity contribution in [3.63, 3.8) is 0 Å². The van der Waals surface area contributed by atoms with Gasteiger partial charge >= 0.3 is 0 Å². The first-order valence-corrected chi connectivity index (χ1v) is 8.48. The highest BCUT2D eigenvalue weighted by Crippen LogP contribution is 2.28. The molecule has 3 rings (SSSR count). The number of benzene rings is 2. The lowest BCUT2D eigenvalue weighted by Gasteiger charge is -2.45. The maximum absolute atomic E-state index is 13.1. The molecular weight excluding hydrogens is 340 g/mol. The van der Waals surface area contributed by atoms with E-state index in [9.17, 15) is 14.9 Å². The fraction of sp³-hybridized carbons (Fsp3) is 0.190. The summed E-state index contributed by atoms with van der Waals surface area (Å²) < 4.78 is 0. The molecule has 0 saturated carbocycles. The molecule has 27 heavy (non-hydrogen) atoms. The van der Waals surface area contributed by atoms with Crippen molar-refractivity contribution in [2.45, 2.75) is 12.1 Å². The minimum absolute atomic E-state index is 0.180. The summed E-state index contributed by atoms with van der Waals surface area (Å²) in [5.41, 5.74) is 6.98. The van der Waals surface area contributed by atoms with Gasteiger partial charge in [0.05, 0.1) is 11.6 Å². The molecule has 1 aliphatic rings. The number of hydrogen-bond acceptors (Lipinski definition) is 4. The molecule has 0 bridgehead atoms. The van der Waals surface area contributed by atoms with Crippen LogP contribution in [0.25, 0.3) is 6.08 Å². The van der Waals surface area contributed by atoms with Crippen LogP contribution in [-0.4, -0.2) is 41.4 Å². The number of nitriles is 1. The van der Waals surface area contributed by atoms with E-state index in [1.54, 1.807) is 30.3 Å². The van der Waals surface area contributed by atoms with Gasteiger partial charge < -0.3 is 15.5 Å². The fourth-order valence-corrected chi connectivity index (χ4v) is 3.17. The van der Waals surface area contributed by atoms with Crippen molar-refractivity contribution in [3.8, 4) is 6.07 Å². The van der Waals surface area contributed by atoms with Crippen LogP contribution >= 0.6 is 0 Å². The van der Waals surface area contributed by atoms with Crippen LogP contribution in [0.2, 0.25) is 0 Å². The van der Waals surface area contributed by atoms with E-state index in [0.29, 0.717) is 11.1 Å². The summed E-state index contributed by atoms with van der Waals surface area (Å²) >= 11 is 0. The first-order valence-electron chi connectivity index (χ1n) is 8.48. The molecule has 1 heterocycles. The molecule has 1 unspecified atom stereocenters. The maximum atomic E-state index is 13.1. The number of rotatable bonds is 3. The Labute approximate surface area is 158 Å². The third-order valence-electron chi connectivity index (χ3n) is 4.85. The van der Waals surface area contributed by atoms with Gasteiger partial charge in [0.25, 0.3) is 11.8 Å². The van der Waals surface area contributed by atoms with E-state index in [1.807, 2.05) is 30.3 Å². The SMILES string of the molecule is CN1C(=O)C(N)(Cc2ccccc2)N(C)C(=O)/C1=C/c1ccccc1C#N. The van der Waals surface area contributed by atoms with Gasteiger partial charge in [-0.3, -0.25) is 9.59 Å². The summed E-state index contributed by atoms with van der Waals surface area (Å²) in [6, 6.07) is 18.3. The number of hydrogen-bond donors (Lipinski definition) is 1. The summed E-state index contributed by atoms with van der Waals surface area (Å²) in [6.07, 6.45) is 1.76. The normalized spacial score (nSPS) is 21.5. The fourth-order valence-electron chi connectivity index (χ4n) is 3.17. The maximum Gasteiger partial charge on any atom is 0.272 e. The number of carbonyl (C=O) groups is 2. The first kappa shape index (κ1) is 18.4. The lowest BCUT2D eigenvalue weighted by molar-refractivity contribution is -0.156. The minimum Gasteiger partial charge on any atom is -0.314 e. The average Bonchev–Trinajstić information content (AvgIpc) is 2.69. The molecule has 2 aromatic carbocycles. The van der Waals surface area contributed by atoms with Crippen LogP contribution in [0.5, 0.6) is 0 Å². The second-order valence-corrected chi connectivity index (χ2v) is 6.54. The van der Waals surface area contributed by atoms with Crippen LogP contribution in [-0.2, 0) is 16.0 Å². The lowest BCUT2D eigenvalue weighted by Crippen LogP contribution is -2.71. The Balaban J connectivity index is 2.00. The topological polar surface area (TPSA) is 90.4 Å². The van der Waals surface area contributed by atoms with Crippen molar-refractivity contribution >= 4 is 17.9 Å². The molecule has 1 atom stereocenters. The number of nitrogens with zero attached hydrogens (tertiary/aromatic N) is 3. The molecular formula is C21H20N4O2. The van der Waals surface area contributed by atoms with Crippen LogP contribution < -0.4 is 5.73 Å². The van der Waals surface area contributed by atoms with Gasteiger partial charge in [-0.1, -0.05) is 48.5 Å². The molecule has 136 valence electrons. The van der Waals surface area contributed by atoms with Gasteiger partial charge in [0.1, 0.15) is 5.70 Å². The van der Waals surface area contributed by atoms with E-state index in [0.717, 1.165) is 5.56 Å². The summed E-state index contributed by atoms with van der Waals surface area (Å²) in [5, 5.41) is 9.26. The standard InChI is InChI=1S/C21H20N4O2/c1-24-18(12-16-10-6-7-11-17(16)14-22)19(26)25(2)21(23,20(24)27)13-15-8-4-3-5-9-15/h3-12H,13,23H2,1-2H3/b18-12-. The summed E-state index contributed by atoms with van der Waals surface area (Å²) in [7, 11) is 3.06. The Kier molecular flexibility index (Phi) is 4.80. The highest BCUT2D eigenvalue weighted by Gasteiger charge is 2.49. The number of carbonyl (C=O) groups excluding carboxylic acids is 2. The van der Waals surface area contributed by atoms with E-state index in [1.165, 1.54) is 23.9 Å². The molecule has 1 aliphatic heterocycles. The number of likely N-dealkylation sites (N-methyl/N-ethyl adjacent to an activating group) is 2. The van der Waals surface area contributed by atoms with Crippen LogP contribution in [0, 0.1) is 11.3 Å². The summed E-state index contributed by atoms with van der Waals surface area (Å²) in [5.74, 6) is -0.752. The first-order chi connectivity index (χ1) is 12.9. The zero-order valence-corrected chi connectivity index (χ0v) is 15.2. The van der Waals surface area contributed by atoms with E-state index in [-0.39, 0.29) is 23.9 Å². The van der Waals surface area contributed by atoms with Gasteiger partial charge in [-0.05, 0) is 23.3 Å². The molecule has 0 spiro atoms. The van der Waals surface area contributed by atoms with Gasteiger partial charge in [0.15, 0.2) is 5.66 Å². The minimum atomic E-state index is -1.47. The molecule has 2 aromatic rings. The van der Waals surface area contributed by atoms with Crippen molar-refractivity contribution in [2.24, 2.45) is 5.73 Å². The predicted molar refractivity (Wildman–Crippen MR) is 102 cm³/mol. The second-order valence-electron chi connectivity index (χ2n) is 6.54. The Bertz CT molecular complexity index is 962. The van der Waals surface area contributed by atoms with Gasteiger partial charge in [0, 0.05) is 20.5 Å². The van der Waals surface area contributed by atoms with Crippen molar-refractivity contribution in [3.05, 3.63) is 77.0 Å². The molecule has 0 radical (unpaired) electrons. The predicted octanol–water partition coefficient (Wildman–Crippen LogP) is 1.73. The third kappa shape index (κ3) is 3.21.